The van der Waals surface area contributed by atoms with E-state index in [0.29, 0.717) is 28.3 Å². The highest BCUT2D eigenvalue weighted by molar-refractivity contribution is 6.32. The van der Waals surface area contributed by atoms with Gasteiger partial charge in [0, 0.05) is 6.42 Å². The molecule has 0 aliphatic heterocycles. The number of carbonyl (C=O) groups is 1. The van der Waals surface area contributed by atoms with Gasteiger partial charge >= 0.3 is 12.1 Å². The second-order valence-electron chi connectivity index (χ2n) is 8.18. The molecular formula is C28H20ClF4NO4. The zero-order chi connectivity index (χ0) is 27.4. The number of hydrogen-bond donors (Lipinski definition) is 1. The van der Waals surface area contributed by atoms with Gasteiger partial charge in [0.05, 0.1) is 27.3 Å². The Labute approximate surface area is 219 Å². The lowest BCUT2D eigenvalue weighted by atomic mass is 9.99. The van der Waals surface area contributed by atoms with Crippen molar-refractivity contribution < 1.29 is 36.7 Å². The molecule has 0 radical (unpaired) electrons. The maximum atomic E-state index is 14.6. The highest BCUT2D eigenvalue weighted by Gasteiger charge is 2.37. The first-order valence-corrected chi connectivity index (χ1v) is 11.7. The van der Waals surface area contributed by atoms with Gasteiger partial charge in [0.1, 0.15) is 29.6 Å². The maximum absolute atomic E-state index is 14.6. The van der Waals surface area contributed by atoms with Crippen molar-refractivity contribution in [1.29, 1.82) is 0 Å². The number of halogens is 5. The van der Waals surface area contributed by atoms with E-state index in [9.17, 15) is 22.4 Å². The first kappa shape index (κ1) is 26.9. The monoisotopic (exact) mass is 545 g/mol. The average Bonchev–Trinajstić information content (AvgIpc) is 3.28. The summed E-state index contributed by atoms with van der Waals surface area (Å²) in [6, 6.07) is 13.9. The third-order valence-corrected chi connectivity index (χ3v) is 6.02. The van der Waals surface area contributed by atoms with Crippen LogP contribution >= 0.6 is 11.6 Å². The lowest BCUT2D eigenvalue weighted by molar-refractivity contribution is -0.137. The van der Waals surface area contributed by atoms with Crippen LogP contribution in [0.15, 0.2) is 65.2 Å². The summed E-state index contributed by atoms with van der Waals surface area (Å²) in [5.74, 6) is -1.53. The van der Waals surface area contributed by atoms with Gasteiger partial charge in [0.15, 0.2) is 0 Å². The summed E-state index contributed by atoms with van der Waals surface area (Å²) in [6.07, 6.45) is -1.09. The summed E-state index contributed by atoms with van der Waals surface area (Å²) in [4.78, 5) is 11.1. The summed E-state index contributed by atoms with van der Waals surface area (Å²) in [5.41, 5.74) is -0.502. The van der Waals surface area contributed by atoms with Gasteiger partial charge in [-0.25, -0.2) is 9.18 Å². The zero-order valence-corrected chi connectivity index (χ0v) is 20.6. The largest absolute Gasteiger partial charge is 0.489 e. The molecule has 1 aromatic heterocycles. The summed E-state index contributed by atoms with van der Waals surface area (Å²) >= 11 is 6.38. The Morgan fingerprint density at radius 2 is 1.87 bits per heavy atom. The molecule has 10 heteroatoms. The minimum atomic E-state index is -4.80. The summed E-state index contributed by atoms with van der Waals surface area (Å²) in [5, 5.41) is 13.2. The van der Waals surface area contributed by atoms with Crippen LogP contribution in [0.3, 0.4) is 0 Å². The van der Waals surface area contributed by atoms with E-state index in [0.717, 1.165) is 18.2 Å². The molecule has 4 aromatic rings. The number of alkyl halides is 3. The van der Waals surface area contributed by atoms with Crippen molar-refractivity contribution in [2.24, 2.45) is 0 Å². The molecule has 0 saturated heterocycles. The SMILES string of the molecule is CCc1onc(-c2c(F)cccc2C(F)(F)F)c1COc1ccc(/C=C/c2cccc(C(=O)O)c2)c(Cl)c1. The number of aryl methyl sites for hydroxylation is 1. The van der Waals surface area contributed by atoms with Crippen LogP contribution in [0.5, 0.6) is 5.75 Å². The van der Waals surface area contributed by atoms with E-state index in [4.69, 9.17) is 26.0 Å². The predicted octanol–water partition coefficient (Wildman–Crippen LogP) is 8.16. The molecular weight excluding hydrogens is 526 g/mol. The number of nitrogens with zero attached hydrogens (tertiary/aromatic N) is 1. The Morgan fingerprint density at radius 1 is 1.11 bits per heavy atom. The lowest BCUT2D eigenvalue weighted by Gasteiger charge is -2.13. The Morgan fingerprint density at radius 3 is 2.55 bits per heavy atom. The molecule has 38 heavy (non-hydrogen) atoms. The van der Waals surface area contributed by atoms with Crippen molar-refractivity contribution in [2.75, 3.05) is 0 Å². The summed E-state index contributed by atoms with van der Waals surface area (Å²) in [7, 11) is 0. The van der Waals surface area contributed by atoms with Gasteiger partial charge < -0.3 is 14.4 Å². The number of aromatic carboxylic acids is 1. The normalized spacial score (nSPS) is 11.7. The molecule has 1 N–H and O–H groups in total. The van der Waals surface area contributed by atoms with E-state index < -0.39 is 29.1 Å². The van der Waals surface area contributed by atoms with Gasteiger partial charge in [-0.3, -0.25) is 0 Å². The van der Waals surface area contributed by atoms with Gasteiger partial charge in [-0.05, 0) is 53.6 Å². The van der Waals surface area contributed by atoms with Gasteiger partial charge in [0.25, 0.3) is 0 Å². The first-order valence-electron chi connectivity index (χ1n) is 11.4. The van der Waals surface area contributed by atoms with E-state index in [1.54, 1.807) is 43.3 Å². The molecule has 3 aromatic carbocycles. The molecule has 196 valence electrons. The average molecular weight is 546 g/mol. The molecule has 0 fully saturated rings. The Kier molecular flexibility index (Phi) is 7.87. The molecule has 0 atom stereocenters. The van der Waals surface area contributed by atoms with Crippen LogP contribution in [-0.4, -0.2) is 16.2 Å². The van der Waals surface area contributed by atoms with Crippen molar-refractivity contribution in [2.45, 2.75) is 26.1 Å². The van der Waals surface area contributed by atoms with E-state index >= 15 is 0 Å². The number of carboxylic acids is 1. The van der Waals surface area contributed by atoms with Gasteiger partial charge in [0.2, 0.25) is 0 Å². The van der Waals surface area contributed by atoms with Crippen LogP contribution in [0, 0.1) is 5.82 Å². The number of benzene rings is 3. The summed E-state index contributed by atoms with van der Waals surface area (Å²) in [6.45, 7) is 1.49. The Bertz CT molecular complexity index is 1510. The smallest absolute Gasteiger partial charge is 0.417 e. The molecule has 0 aliphatic rings. The topological polar surface area (TPSA) is 72.6 Å². The second-order valence-corrected chi connectivity index (χ2v) is 8.59. The van der Waals surface area contributed by atoms with E-state index in [1.165, 1.54) is 18.2 Å². The third kappa shape index (κ3) is 5.89. The standard InChI is InChI=1S/C28H20ClF4NO4/c1-2-24-20(26(34-38-24)25-21(28(31,32)33)7-4-8-23(25)30)15-37-19-12-11-17(22(29)14-19)10-9-16-5-3-6-18(13-16)27(35)36/h3-14H,2,15H2,1H3,(H,35,36)/b10-9+. The molecule has 0 amide bonds. The molecule has 0 bridgehead atoms. The number of carboxylic acid groups (broad SMARTS) is 1. The first-order chi connectivity index (χ1) is 18.1. The van der Waals surface area contributed by atoms with Gasteiger partial charge in [-0.2, -0.15) is 13.2 Å². The minimum absolute atomic E-state index is 0.152. The van der Waals surface area contributed by atoms with Crippen LogP contribution in [0.4, 0.5) is 17.6 Å². The van der Waals surface area contributed by atoms with E-state index in [1.807, 2.05) is 0 Å². The fourth-order valence-electron chi connectivity index (χ4n) is 3.82. The van der Waals surface area contributed by atoms with Crippen molar-refractivity contribution in [3.8, 4) is 17.0 Å². The maximum Gasteiger partial charge on any atom is 0.417 e. The number of rotatable bonds is 8. The Balaban J connectivity index is 1.57. The molecule has 4 rings (SSSR count). The van der Waals surface area contributed by atoms with Crippen molar-refractivity contribution in [3.05, 3.63) is 105 Å². The number of aromatic nitrogens is 1. The lowest BCUT2D eigenvalue weighted by Crippen LogP contribution is -2.10. The van der Waals surface area contributed by atoms with Gasteiger partial charge in [-0.1, -0.05) is 54.0 Å². The van der Waals surface area contributed by atoms with E-state index in [-0.39, 0.29) is 29.2 Å². The Hall–Kier alpha value is -4.11. The quantitative estimate of drug-likeness (QED) is 0.179. The zero-order valence-electron chi connectivity index (χ0n) is 19.9. The third-order valence-electron chi connectivity index (χ3n) is 5.69. The van der Waals surface area contributed by atoms with Crippen LogP contribution < -0.4 is 4.74 Å². The highest BCUT2D eigenvalue weighted by Crippen LogP contribution is 2.40. The van der Waals surface area contributed by atoms with Crippen LogP contribution in [0.1, 0.15) is 45.3 Å². The van der Waals surface area contributed by atoms with Crippen LogP contribution in [0.2, 0.25) is 5.02 Å². The van der Waals surface area contributed by atoms with Crippen molar-refractivity contribution >= 4 is 29.7 Å². The minimum Gasteiger partial charge on any atom is -0.489 e. The predicted molar refractivity (Wildman–Crippen MR) is 134 cm³/mol. The molecule has 0 unspecified atom stereocenters. The highest BCUT2D eigenvalue weighted by atomic mass is 35.5. The van der Waals surface area contributed by atoms with Crippen molar-refractivity contribution in [1.82, 2.24) is 5.16 Å². The molecule has 0 aliphatic carbocycles. The van der Waals surface area contributed by atoms with Crippen LogP contribution in [0.25, 0.3) is 23.4 Å². The number of hydrogen-bond acceptors (Lipinski definition) is 4. The van der Waals surface area contributed by atoms with Crippen LogP contribution in [-0.2, 0) is 19.2 Å². The fraction of sp³-hybridized carbons (Fsp3) is 0.143. The summed E-state index contributed by atoms with van der Waals surface area (Å²) < 4.78 is 66.4. The fourth-order valence-corrected chi connectivity index (χ4v) is 4.05. The van der Waals surface area contributed by atoms with Crippen molar-refractivity contribution in [3.63, 3.8) is 0 Å². The second kappa shape index (κ2) is 11.1. The molecule has 1 heterocycles. The molecule has 5 nitrogen and oxygen atoms in total. The molecule has 0 spiro atoms. The van der Waals surface area contributed by atoms with Gasteiger partial charge in [-0.15, -0.1) is 0 Å². The molecule has 0 saturated carbocycles. The number of ether oxygens (including phenoxy) is 1. The van der Waals surface area contributed by atoms with E-state index in [2.05, 4.69) is 5.16 Å².